The van der Waals surface area contributed by atoms with Gasteiger partial charge < -0.3 is 14.8 Å². The second kappa shape index (κ2) is 9.09. The molecule has 1 aliphatic heterocycles. The van der Waals surface area contributed by atoms with Gasteiger partial charge in [0, 0.05) is 18.3 Å². The largest absolute Gasteiger partial charge is 0.454 e. The Morgan fingerprint density at radius 2 is 2.13 bits per heavy atom. The summed E-state index contributed by atoms with van der Waals surface area (Å²) in [7, 11) is 0. The fourth-order valence-corrected chi connectivity index (χ4v) is 4.99. The molecule has 0 radical (unpaired) electrons. The van der Waals surface area contributed by atoms with Gasteiger partial charge in [0.05, 0.1) is 10.8 Å². The van der Waals surface area contributed by atoms with Gasteiger partial charge in [-0.25, -0.2) is 4.98 Å². The first-order valence-corrected chi connectivity index (χ1v) is 11.7. The van der Waals surface area contributed by atoms with E-state index >= 15 is 0 Å². The van der Waals surface area contributed by atoms with E-state index in [2.05, 4.69) is 12.2 Å². The summed E-state index contributed by atoms with van der Waals surface area (Å²) in [5.74, 6) is 1.15. The Balaban J connectivity index is 1.57. The van der Waals surface area contributed by atoms with Gasteiger partial charge in [-0.2, -0.15) is 0 Å². The van der Waals surface area contributed by atoms with Crippen molar-refractivity contribution in [2.75, 3.05) is 12.1 Å². The molecule has 0 fully saturated rings. The molecular formula is C21H23N3O4S2. The Morgan fingerprint density at radius 1 is 1.30 bits per heavy atom. The summed E-state index contributed by atoms with van der Waals surface area (Å²) in [6, 6.07) is 7.17. The van der Waals surface area contributed by atoms with E-state index in [1.54, 1.807) is 22.8 Å². The van der Waals surface area contributed by atoms with Crippen molar-refractivity contribution in [3.63, 3.8) is 0 Å². The van der Waals surface area contributed by atoms with Gasteiger partial charge in [0.1, 0.15) is 4.70 Å². The number of carbonyl (C=O) groups is 1. The van der Waals surface area contributed by atoms with Gasteiger partial charge in [-0.05, 0) is 36.4 Å². The van der Waals surface area contributed by atoms with Crippen LogP contribution < -0.4 is 20.3 Å². The minimum absolute atomic E-state index is 0.0306. The summed E-state index contributed by atoms with van der Waals surface area (Å²) in [5.41, 5.74) is 1.30. The summed E-state index contributed by atoms with van der Waals surface area (Å²) in [5, 5.41) is 5.03. The number of thioether (sulfide) groups is 1. The van der Waals surface area contributed by atoms with Crippen molar-refractivity contribution >= 4 is 44.9 Å². The van der Waals surface area contributed by atoms with E-state index in [1.165, 1.54) is 23.1 Å². The molecule has 0 saturated carbocycles. The lowest BCUT2D eigenvalue weighted by atomic mass is 10.2. The highest BCUT2D eigenvalue weighted by Gasteiger charge is 2.23. The van der Waals surface area contributed by atoms with Crippen LogP contribution >= 0.6 is 23.1 Å². The maximum absolute atomic E-state index is 13.0. The Morgan fingerprint density at radius 3 is 2.93 bits per heavy atom. The van der Waals surface area contributed by atoms with E-state index in [4.69, 9.17) is 14.5 Å². The smallest absolute Gasteiger partial charge is 0.272 e. The van der Waals surface area contributed by atoms with Crippen molar-refractivity contribution in [1.82, 2.24) is 9.55 Å². The zero-order chi connectivity index (χ0) is 21.1. The standard InChI is InChI=1S/C21H23N3O4S2/c1-3-5-9-24-20(26)18-14(8-10-29-18)23-21(24)30-17(4-2)19(25)22-13-6-7-15-16(11-13)28-12-27-15/h6-8,10-11,17H,3-5,9,12H2,1-2H3,(H,22,25)/t17-/m0/s1. The predicted molar refractivity (Wildman–Crippen MR) is 120 cm³/mol. The quantitative estimate of drug-likeness (QED) is 0.406. The third-order valence-electron chi connectivity index (χ3n) is 4.82. The first-order chi connectivity index (χ1) is 14.6. The van der Waals surface area contributed by atoms with Gasteiger partial charge in [0.25, 0.3) is 5.56 Å². The molecule has 0 aliphatic carbocycles. The molecule has 1 aliphatic rings. The number of hydrogen-bond donors (Lipinski definition) is 1. The van der Waals surface area contributed by atoms with Crippen LogP contribution in [0.4, 0.5) is 5.69 Å². The van der Waals surface area contributed by atoms with E-state index in [-0.39, 0.29) is 23.5 Å². The normalized spacial score (nSPS) is 13.5. The second-order valence-electron chi connectivity index (χ2n) is 6.91. The van der Waals surface area contributed by atoms with Crippen LogP contribution in [0.1, 0.15) is 33.1 Å². The molecule has 1 atom stereocenters. The van der Waals surface area contributed by atoms with Crippen LogP contribution in [0.5, 0.6) is 11.5 Å². The number of anilines is 1. The summed E-state index contributed by atoms with van der Waals surface area (Å²) < 4.78 is 13.1. The molecule has 0 saturated heterocycles. The molecule has 158 valence electrons. The van der Waals surface area contributed by atoms with Gasteiger partial charge in [-0.15, -0.1) is 11.3 Å². The molecule has 0 bridgehead atoms. The summed E-state index contributed by atoms with van der Waals surface area (Å²) in [6.07, 6.45) is 2.46. The van der Waals surface area contributed by atoms with Crippen LogP contribution in [0.15, 0.2) is 39.6 Å². The first-order valence-electron chi connectivity index (χ1n) is 9.96. The third-order valence-corrected chi connectivity index (χ3v) is 7.06. The van der Waals surface area contributed by atoms with Crippen LogP contribution in [-0.2, 0) is 11.3 Å². The molecule has 1 aromatic carbocycles. The number of ether oxygens (including phenoxy) is 2. The fourth-order valence-electron chi connectivity index (χ4n) is 3.17. The molecule has 1 amide bonds. The molecule has 9 heteroatoms. The molecule has 3 aromatic rings. The van der Waals surface area contributed by atoms with Gasteiger partial charge >= 0.3 is 0 Å². The fraction of sp³-hybridized carbons (Fsp3) is 0.381. The summed E-state index contributed by atoms with van der Waals surface area (Å²) in [6.45, 7) is 4.82. The van der Waals surface area contributed by atoms with Crippen LogP contribution in [-0.4, -0.2) is 27.5 Å². The van der Waals surface area contributed by atoms with E-state index in [0.29, 0.717) is 45.5 Å². The molecule has 0 spiro atoms. The highest BCUT2D eigenvalue weighted by atomic mass is 32.2. The average molecular weight is 446 g/mol. The van der Waals surface area contributed by atoms with E-state index < -0.39 is 0 Å². The topological polar surface area (TPSA) is 82.5 Å². The third kappa shape index (κ3) is 4.17. The molecule has 7 nitrogen and oxygen atoms in total. The molecule has 4 rings (SSSR count). The predicted octanol–water partition coefficient (Wildman–Crippen LogP) is 4.50. The van der Waals surface area contributed by atoms with Crippen molar-refractivity contribution in [2.45, 2.75) is 50.1 Å². The van der Waals surface area contributed by atoms with Gasteiger partial charge in [0.15, 0.2) is 16.7 Å². The number of benzene rings is 1. The zero-order valence-corrected chi connectivity index (χ0v) is 18.5. The monoisotopic (exact) mass is 445 g/mol. The highest BCUT2D eigenvalue weighted by molar-refractivity contribution is 8.00. The number of fused-ring (bicyclic) bond motifs is 2. The van der Waals surface area contributed by atoms with Crippen molar-refractivity contribution in [1.29, 1.82) is 0 Å². The first kappa shape index (κ1) is 20.7. The Hall–Kier alpha value is -2.52. The van der Waals surface area contributed by atoms with Gasteiger partial charge in [-0.1, -0.05) is 32.0 Å². The molecule has 0 unspecified atom stereocenters. The SMILES string of the molecule is CCCCn1c(S[C@@H](CC)C(=O)Nc2ccc3c(c2)OCO3)nc2ccsc2c1=O. The van der Waals surface area contributed by atoms with Gasteiger partial charge in [-0.3, -0.25) is 14.2 Å². The van der Waals surface area contributed by atoms with Crippen LogP contribution in [0.25, 0.3) is 10.2 Å². The van der Waals surface area contributed by atoms with Crippen LogP contribution in [0.3, 0.4) is 0 Å². The van der Waals surface area contributed by atoms with E-state index in [1.807, 2.05) is 18.4 Å². The Labute approximate surface area is 182 Å². The number of aromatic nitrogens is 2. The molecule has 3 heterocycles. The Kier molecular flexibility index (Phi) is 6.29. The minimum atomic E-state index is -0.383. The lowest BCUT2D eigenvalue weighted by Crippen LogP contribution is -2.28. The lowest BCUT2D eigenvalue weighted by Gasteiger charge is -2.17. The van der Waals surface area contributed by atoms with Crippen LogP contribution in [0.2, 0.25) is 0 Å². The average Bonchev–Trinajstić information content (AvgIpc) is 3.40. The number of amides is 1. The van der Waals surface area contributed by atoms with Crippen LogP contribution in [0, 0.1) is 0 Å². The van der Waals surface area contributed by atoms with Crippen molar-refractivity contribution in [2.24, 2.45) is 0 Å². The maximum Gasteiger partial charge on any atom is 0.272 e. The lowest BCUT2D eigenvalue weighted by molar-refractivity contribution is -0.115. The number of thiophene rings is 1. The van der Waals surface area contributed by atoms with Gasteiger partial charge in [0.2, 0.25) is 12.7 Å². The maximum atomic E-state index is 13.0. The van der Waals surface area contributed by atoms with Crippen molar-refractivity contribution in [3.8, 4) is 11.5 Å². The number of unbranched alkanes of at least 4 members (excludes halogenated alkanes) is 1. The highest BCUT2D eigenvalue weighted by Crippen LogP contribution is 2.35. The molecule has 30 heavy (non-hydrogen) atoms. The minimum Gasteiger partial charge on any atom is -0.454 e. The number of carbonyl (C=O) groups excluding carboxylic acids is 1. The van der Waals surface area contributed by atoms with Crippen molar-refractivity contribution < 1.29 is 14.3 Å². The van der Waals surface area contributed by atoms with E-state index in [9.17, 15) is 9.59 Å². The number of nitrogens with one attached hydrogen (secondary N) is 1. The zero-order valence-electron chi connectivity index (χ0n) is 16.8. The number of hydrogen-bond acceptors (Lipinski definition) is 7. The summed E-state index contributed by atoms with van der Waals surface area (Å²) >= 11 is 2.75. The summed E-state index contributed by atoms with van der Waals surface area (Å²) in [4.78, 5) is 30.6. The second-order valence-corrected chi connectivity index (χ2v) is 9.00. The molecular weight excluding hydrogens is 422 g/mol. The Bertz CT molecular complexity index is 1130. The number of rotatable bonds is 8. The number of nitrogens with zero attached hydrogens (tertiary/aromatic N) is 2. The molecule has 2 aromatic heterocycles. The van der Waals surface area contributed by atoms with E-state index in [0.717, 1.165) is 12.8 Å². The molecule has 1 N–H and O–H groups in total. The van der Waals surface area contributed by atoms with Crippen molar-refractivity contribution in [3.05, 3.63) is 40.0 Å².